The number of amides is 2. The van der Waals surface area contributed by atoms with Crippen LogP contribution in [0.5, 0.6) is 0 Å². The molecule has 7 heteroatoms. The number of hydrogen-bond acceptors (Lipinski definition) is 4. The summed E-state index contributed by atoms with van der Waals surface area (Å²) in [5.74, 6) is 0.261. The van der Waals surface area contributed by atoms with Crippen molar-refractivity contribution in [2.75, 3.05) is 0 Å². The minimum absolute atomic E-state index is 0. The summed E-state index contributed by atoms with van der Waals surface area (Å²) in [6.45, 7) is 2.14. The summed E-state index contributed by atoms with van der Waals surface area (Å²) in [6.07, 6.45) is 2.80. The van der Waals surface area contributed by atoms with E-state index >= 15 is 0 Å². The third kappa shape index (κ3) is 5.77. The first kappa shape index (κ1) is 23.1. The van der Waals surface area contributed by atoms with Crippen LogP contribution in [0.15, 0.2) is 48.5 Å². The second-order valence-electron chi connectivity index (χ2n) is 8.26. The van der Waals surface area contributed by atoms with Crippen LogP contribution in [0.1, 0.15) is 47.9 Å². The van der Waals surface area contributed by atoms with Crippen molar-refractivity contribution in [1.82, 2.24) is 10.2 Å². The number of fused-ring (bicyclic) bond motifs is 1. The smallest absolute Gasteiger partial charge is 0.407 e. The van der Waals surface area contributed by atoms with Crippen LogP contribution in [-0.2, 0) is 35.8 Å². The van der Waals surface area contributed by atoms with Gasteiger partial charge >= 0.3 is 6.09 Å². The summed E-state index contributed by atoms with van der Waals surface area (Å²) in [4.78, 5) is 27.0. The van der Waals surface area contributed by atoms with Crippen LogP contribution >= 0.6 is 12.4 Å². The molecule has 0 spiro atoms. The maximum atomic E-state index is 13.0. The molecule has 1 saturated carbocycles. The van der Waals surface area contributed by atoms with Gasteiger partial charge in [0.15, 0.2) is 0 Å². The van der Waals surface area contributed by atoms with Gasteiger partial charge in [-0.25, -0.2) is 4.79 Å². The Morgan fingerprint density at radius 3 is 2.39 bits per heavy atom. The molecule has 2 aromatic rings. The predicted molar refractivity (Wildman–Crippen MR) is 121 cm³/mol. The van der Waals surface area contributed by atoms with Crippen molar-refractivity contribution in [3.05, 3.63) is 70.8 Å². The van der Waals surface area contributed by atoms with E-state index in [4.69, 9.17) is 10.5 Å². The number of carbonyl (C=O) groups excluding carboxylic acids is 2. The van der Waals surface area contributed by atoms with E-state index in [1.807, 2.05) is 41.3 Å². The molecule has 4 rings (SSSR count). The minimum atomic E-state index is -0.390. The first-order valence-corrected chi connectivity index (χ1v) is 10.7. The van der Waals surface area contributed by atoms with Gasteiger partial charge in [-0.1, -0.05) is 48.5 Å². The molecule has 166 valence electrons. The molecular formula is C24H30ClN3O3. The molecule has 0 aromatic heterocycles. The van der Waals surface area contributed by atoms with Crippen LogP contribution in [0.25, 0.3) is 0 Å². The fraction of sp³-hybridized carbons (Fsp3) is 0.417. The van der Waals surface area contributed by atoms with Crippen molar-refractivity contribution >= 4 is 24.4 Å². The zero-order valence-corrected chi connectivity index (χ0v) is 18.4. The van der Waals surface area contributed by atoms with Gasteiger partial charge in [-0.05, 0) is 47.9 Å². The van der Waals surface area contributed by atoms with E-state index in [0.29, 0.717) is 19.6 Å². The van der Waals surface area contributed by atoms with Gasteiger partial charge in [0.2, 0.25) is 5.91 Å². The SMILES string of the molecule is Cl.NCc1ccc2c(c1)CN(C(=O)C1CCC(NC(=O)OCc3ccccc3)CC1)C2. The molecule has 0 saturated heterocycles. The summed E-state index contributed by atoms with van der Waals surface area (Å²) in [7, 11) is 0. The molecule has 31 heavy (non-hydrogen) atoms. The van der Waals surface area contributed by atoms with Gasteiger partial charge < -0.3 is 20.7 Å². The number of carbonyl (C=O) groups is 2. The Kier molecular flexibility index (Phi) is 7.93. The quantitative estimate of drug-likeness (QED) is 0.734. The van der Waals surface area contributed by atoms with Gasteiger partial charge in [0, 0.05) is 31.6 Å². The Morgan fingerprint density at radius 2 is 1.68 bits per heavy atom. The standard InChI is InChI=1S/C24H29N3O3.ClH/c25-13-18-6-7-20-14-27(15-21(20)12-18)23(28)19-8-10-22(11-9-19)26-24(29)30-16-17-4-2-1-3-5-17;/h1-7,12,19,22H,8-11,13-16,25H2,(H,26,29);1H. The van der Waals surface area contributed by atoms with Crippen LogP contribution in [0.2, 0.25) is 0 Å². The molecule has 3 N–H and O–H groups in total. The lowest BCUT2D eigenvalue weighted by Gasteiger charge is -2.30. The van der Waals surface area contributed by atoms with E-state index in [1.54, 1.807) is 0 Å². The molecule has 1 fully saturated rings. The summed E-state index contributed by atoms with van der Waals surface area (Å²) in [5, 5.41) is 2.95. The van der Waals surface area contributed by atoms with Gasteiger partial charge in [-0.15, -0.1) is 12.4 Å². The van der Waals surface area contributed by atoms with Gasteiger partial charge in [-0.3, -0.25) is 4.79 Å². The lowest BCUT2D eigenvalue weighted by Crippen LogP contribution is -2.41. The van der Waals surface area contributed by atoms with Crippen LogP contribution in [0, 0.1) is 5.92 Å². The monoisotopic (exact) mass is 443 g/mol. The van der Waals surface area contributed by atoms with Crippen molar-refractivity contribution in [3.63, 3.8) is 0 Å². The lowest BCUT2D eigenvalue weighted by atomic mass is 9.85. The van der Waals surface area contributed by atoms with Gasteiger partial charge in [0.25, 0.3) is 0 Å². The molecule has 2 aliphatic rings. The number of hydrogen-bond donors (Lipinski definition) is 2. The van der Waals surface area contributed by atoms with E-state index in [9.17, 15) is 9.59 Å². The number of rotatable bonds is 5. The average molecular weight is 444 g/mol. The Labute approximate surface area is 189 Å². The minimum Gasteiger partial charge on any atom is -0.445 e. The molecule has 2 aromatic carbocycles. The molecule has 0 unspecified atom stereocenters. The molecule has 2 amide bonds. The van der Waals surface area contributed by atoms with Crippen molar-refractivity contribution in [1.29, 1.82) is 0 Å². The van der Waals surface area contributed by atoms with Crippen LogP contribution in [0.3, 0.4) is 0 Å². The number of benzene rings is 2. The summed E-state index contributed by atoms with van der Waals surface area (Å²) < 4.78 is 5.31. The Morgan fingerprint density at radius 1 is 0.968 bits per heavy atom. The average Bonchev–Trinajstić information content (AvgIpc) is 3.22. The lowest BCUT2D eigenvalue weighted by molar-refractivity contribution is -0.137. The largest absolute Gasteiger partial charge is 0.445 e. The highest BCUT2D eigenvalue weighted by Gasteiger charge is 2.32. The summed E-state index contributed by atoms with van der Waals surface area (Å²) in [6, 6.07) is 15.9. The topological polar surface area (TPSA) is 84.7 Å². The zero-order chi connectivity index (χ0) is 20.9. The number of alkyl carbamates (subject to hydrolysis) is 1. The molecule has 1 aliphatic heterocycles. The van der Waals surface area contributed by atoms with Crippen LogP contribution in [-0.4, -0.2) is 22.9 Å². The summed E-state index contributed by atoms with van der Waals surface area (Å²) in [5.41, 5.74) is 10.2. The Hall–Kier alpha value is -2.57. The van der Waals surface area contributed by atoms with Crippen molar-refractivity contribution in [3.8, 4) is 0 Å². The third-order valence-electron chi connectivity index (χ3n) is 6.15. The van der Waals surface area contributed by atoms with Crippen molar-refractivity contribution in [2.45, 2.75) is 58.0 Å². The number of nitrogens with two attached hydrogens (primary N) is 1. The highest BCUT2D eigenvalue weighted by atomic mass is 35.5. The van der Waals surface area contributed by atoms with E-state index < -0.39 is 0 Å². The maximum Gasteiger partial charge on any atom is 0.407 e. The zero-order valence-electron chi connectivity index (χ0n) is 17.6. The van der Waals surface area contributed by atoms with Gasteiger partial charge in [0.05, 0.1) is 0 Å². The molecule has 0 radical (unpaired) electrons. The van der Waals surface area contributed by atoms with Crippen LogP contribution in [0.4, 0.5) is 4.79 Å². The maximum absolute atomic E-state index is 13.0. The normalized spacial score (nSPS) is 19.8. The molecule has 6 nitrogen and oxygen atoms in total. The number of nitrogens with one attached hydrogen (secondary N) is 1. The van der Waals surface area contributed by atoms with Crippen molar-refractivity contribution < 1.29 is 14.3 Å². The number of nitrogens with zero attached hydrogens (tertiary/aromatic N) is 1. The van der Waals surface area contributed by atoms with Crippen LogP contribution < -0.4 is 11.1 Å². The second kappa shape index (κ2) is 10.6. The Balaban J connectivity index is 0.00000272. The first-order chi connectivity index (χ1) is 14.6. The van der Waals surface area contributed by atoms with E-state index in [2.05, 4.69) is 17.4 Å². The fourth-order valence-corrected chi connectivity index (χ4v) is 4.41. The highest BCUT2D eigenvalue weighted by molar-refractivity contribution is 5.85. The third-order valence-corrected chi connectivity index (χ3v) is 6.15. The van der Waals surface area contributed by atoms with Crippen molar-refractivity contribution in [2.24, 2.45) is 11.7 Å². The fourth-order valence-electron chi connectivity index (χ4n) is 4.41. The Bertz CT molecular complexity index is 898. The summed E-state index contributed by atoms with van der Waals surface area (Å²) >= 11 is 0. The highest BCUT2D eigenvalue weighted by Crippen LogP contribution is 2.30. The van der Waals surface area contributed by atoms with Gasteiger partial charge in [-0.2, -0.15) is 0 Å². The van der Waals surface area contributed by atoms with E-state index in [1.165, 1.54) is 11.1 Å². The molecule has 0 atom stereocenters. The molecule has 1 heterocycles. The number of halogens is 1. The molecule has 1 aliphatic carbocycles. The molecular weight excluding hydrogens is 414 g/mol. The van der Waals surface area contributed by atoms with Gasteiger partial charge in [0.1, 0.15) is 6.61 Å². The second-order valence-corrected chi connectivity index (χ2v) is 8.26. The molecule has 0 bridgehead atoms. The number of ether oxygens (including phenoxy) is 1. The first-order valence-electron chi connectivity index (χ1n) is 10.7. The van der Waals surface area contributed by atoms with E-state index in [-0.39, 0.29) is 43.0 Å². The predicted octanol–water partition coefficient (Wildman–Crippen LogP) is 3.89. The van der Waals surface area contributed by atoms with E-state index in [0.717, 1.165) is 36.8 Å².